The summed E-state index contributed by atoms with van der Waals surface area (Å²) in [5.74, 6) is -1.68. The Morgan fingerprint density at radius 1 is 1.35 bits per heavy atom. The van der Waals surface area contributed by atoms with Crippen molar-refractivity contribution in [3.8, 4) is 5.75 Å². The van der Waals surface area contributed by atoms with Crippen LogP contribution in [0, 0.1) is 5.92 Å². The lowest BCUT2D eigenvalue weighted by molar-refractivity contribution is -0.0500. The summed E-state index contributed by atoms with van der Waals surface area (Å²) in [6.45, 7) is 3.46. The lowest BCUT2D eigenvalue weighted by Gasteiger charge is -2.11. The lowest BCUT2D eigenvalue weighted by atomic mass is 10.1. The number of Topliss-reactive ketones (excluding diaryl/α,β-unsaturated/α-hetero) is 1. The topological polar surface area (TPSA) is 60.4 Å². The molecule has 20 heavy (non-hydrogen) atoms. The number of rotatable bonds is 3. The van der Waals surface area contributed by atoms with Gasteiger partial charge in [-0.1, -0.05) is 18.2 Å². The molecule has 0 aliphatic heterocycles. The van der Waals surface area contributed by atoms with E-state index < -0.39 is 33.1 Å². The maximum Gasteiger partial charge on any atom is 0.534 e. The minimum atomic E-state index is -5.80. The van der Waals surface area contributed by atoms with Gasteiger partial charge in [0.05, 0.1) is 5.56 Å². The van der Waals surface area contributed by atoms with Crippen molar-refractivity contribution in [3.05, 3.63) is 42.0 Å². The van der Waals surface area contributed by atoms with Gasteiger partial charge in [-0.2, -0.15) is 21.6 Å². The van der Waals surface area contributed by atoms with Crippen molar-refractivity contribution in [1.29, 1.82) is 0 Å². The van der Waals surface area contributed by atoms with Crippen molar-refractivity contribution >= 4 is 15.9 Å². The van der Waals surface area contributed by atoms with Crippen molar-refractivity contribution in [1.82, 2.24) is 0 Å². The predicted molar refractivity (Wildman–Crippen MR) is 63.8 cm³/mol. The molecule has 0 amide bonds. The normalized spacial score (nSPS) is 18.8. The Hall–Kier alpha value is -1.83. The van der Waals surface area contributed by atoms with E-state index in [1.165, 1.54) is 18.2 Å². The van der Waals surface area contributed by atoms with Gasteiger partial charge in [-0.15, -0.1) is 6.58 Å². The van der Waals surface area contributed by atoms with Crippen LogP contribution < -0.4 is 4.18 Å². The van der Waals surface area contributed by atoms with Crippen LogP contribution in [0.15, 0.2) is 30.9 Å². The van der Waals surface area contributed by atoms with Gasteiger partial charge in [-0.25, -0.2) is 0 Å². The molecule has 2 rings (SSSR count). The fourth-order valence-electron chi connectivity index (χ4n) is 1.97. The fourth-order valence-corrected chi connectivity index (χ4v) is 2.44. The minimum absolute atomic E-state index is 0.134. The molecule has 8 heteroatoms. The number of hydrogen-bond acceptors (Lipinski definition) is 4. The van der Waals surface area contributed by atoms with E-state index in [2.05, 4.69) is 10.8 Å². The third-order valence-corrected chi connectivity index (χ3v) is 3.87. The first-order chi connectivity index (χ1) is 9.17. The van der Waals surface area contributed by atoms with Gasteiger partial charge in [0.15, 0.2) is 11.5 Å². The van der Waals surface area contributed by atoms with Gasteiger partial charge in [0, 0.05) is 5.92 Å². The van der Waals surface area contributed by atoms with Crippen LogP contribution in [0.1, 0.15) is 15.9 Å². The number of halogens is 3. The zero-order valence-electron chi connectivity index (χ0n) is 9.98. The van der Waals surface area contributed by atoms with Crippen molar-refractivity contribution in [3.63, 3.8) is 0 Å². The Balaban J connectivity index is 2.46. The second-order valence-corrected chi connectivity index (χ2v) is 5.72. The van der Waals surface area contributed by atoms with Crippen LogP contribution >= 0.6 is 0 Å². The van der Waals surface area contributed by atoms with Crippen molar-refractivity contribution < 1.29 is 30.6 Å². The Bertz CT molecular complexity index is 676. The maximum absolute atomic E-state index is 12.3. The Kier molecular flexibility index (Phi) is 3.37. The smallest absolute Gasteiger partial charge is 0.375 e. The summed E-state index contributed by atoms with van der Waals surface area (Å²) in [5.41, 5.74) is -5.24. The SMILES string of the molecule is C=CC1Cc2cccc(OS(=O)(=O)C(F)(F)F)c2C1=O. The zero-order valence-corrected chi connectivity index (χ0v) is 10.8. The molecule has 108 valence electrons. The van der Waals surface area contributed by atoms with Gasteiger partial charge in [0.1, 0.15) is 0 Å². The number of ketones is 1. The number of carbonyl (C=O) groups is 1. The first-order valence-corrected chi connectivity index (χ1v) is 6.87. The van der Waals surface area contributed by atoms with Crippen LogP contribution in [0.4, 0.5) is 13.2 Å². The lowest BCUT2D eigenvalue weighted by Crippen LogP contribution is -2.28. The molecule has 1 aliphatic rings. The van der Waals surface area contributed by atoms with E-state index >= 15 is 0 Å². The molecule has 1 aromatic rings. The number of alkyl halides is 3. The van der Waals surface area contributed by atoms with Crippen LogP contribution in [0.5, 0.6) is 5.75 Å². The first-order valence-electron chi connectivity index (χ1n) is 5.47. The summed E-state index contributed by atoms with van der Waals surface area (Å²) in [6.07, 6.45) is 1.63. The highest BCUT2D eigenvalue weighted by atomic mass is 32.2. The summed E-state index contributed by atoms with van der Waals surface area (Å²) in [7, 11) is -5.80. The number of allylic oxidation sites excluding steroid dienone is 1. The van der Waals surface area contributed by atoms with Gasteiger partial charge in [-0.05, 0) is 18.1 Å². The van der Waals surface area contributed by atoms with Crippen molar-refractivity contribution in [2.75, 3.05) is 0 Å². The molecule has 0 N–H and O–H groups in total. The van der Waals surface area contributed by atoms with E-state index in [-0.39, 0.29) is 12.0 Å². The van der Waals surface area contributed by atoms with Crippen LogP contribution in [0.2, 0.25) is 0 Å². The third kappa shape index (κ3) is 2.31. The van der Waals surface area contributed by atoms with E-state index in [0.29, 0.717) is 5.56 Å². The summed E-state index contributed by atoms with van der Waals surface area (Å²) in [5, 5.41) is 0. The van der Waals surface area contributed by atoms with Crippen molar-refractivity contribution in [2.24, 2.45) is 5.92 Å². The number of carbonyl (C=O) groups excluding carboxylic acids is 1. The molecule has 0 saturated heterocycles. The Morgan fingerprint density at radius 3 is 2.55 bits per heavy atom. The van der Waals surface area contributed by atoms with Crippen LogP contribution in [0.3, 0.4) is 0 Å². The van der Waals surface area contributed by atoms with Crippen molar-refractivity contribution in [2.45, 2.75) is 11.9 Å². The highest BCUT2D eigenvalue weighted by molar-refractivity contribution is 7.88. The van der Waals surface area contributed by atoms with Gasteiger partial charge in [-0.3, -0.25) is 4.79 Å². The molecule has 0 spiro atoms. The molecule has 1 atom stereocenters. The largest absolute Gasteiger partial charge is 0.534 e. The van der Waals surface area contributed by atoms with Gasteiger partial charge >= 0.3 is 15.6 Å². The van der Waals surface area contributed by atoms with Crippen LogP contribution in [-0.2, 0) is 16.5 Å². The molecule has 4 nitrogen and oxygen atoms in total. The quantitative estimate of drug-likeness (QED) is 0.489. The first kappa shape index (κ1) is 14.6. The molecule has 0 radical (unpaired) electrons. The van der Waals surface area contributed by atoms with E-state index in [1.807, 2.05) is 0 Å². The molecule has 0 heterocycles. The van der Waals surface area contributed by atoms with Gasteiger partial charge < -0.3 is 4.18 Å². The molecule has 1 unspecified atom stereocenters. The molecule has 0 fully saturated rings. The number of hydrogen-bond donors (Lipinski definition) is 0. The van der Waals surface area contributed by atoms with E-state index in [0.717, 1.165) is 6.07 Å². The third-order valence-electron chi connectivity index (χ3n) is 2.90. The molecule has 1 aromatic carbocycles. The maximum atomic E-state index is 12.3. The monoisotopic (exact) mass is 306 g/mol. The molecule has 0 bridgehead atoms. The molecular formula is C12H9F3O4S. The zero-order chi connectivity index (χ0) is 15.1. The fraction of sp³-hybridized carbons (Fsp3) is 0.250. The summed E-state index contributed by atoms with van der Waals surface area (Å²) >= 11 is 0. The highest BCUT2D eigenvalue weighted by Gasteiger charge is 2.49. The summed E-state index contributed by atoms with van der Waals surface area (Å²) in [4.78, 5) is 12.0. The number of benzene rings is 1. The van der Waals surface area contributed by atoms with E-state index in [1.54, 1.807) is 0 Å². The van der Waals surface area contributed by atoms with Crippen LogP contribution in [0.25, 0.3) is 0 Å². The predicted octanol–water partition coefficient (Wildman–Crippen LogP) is 2.46. The summed E-state index contributed by atoms with van der Waals surface area (Å²) in [6, 6.07) is 3.88. The second kappa shape index (κ2) is 4.62. The summed E-state index contributed by atoms with van der Waals surface area (Å²) < 4.78 is 63.0. The Morgan fingerprint density at radius 2 is 2.00 bits per heavy atom. The van der Waals surface area contributed by atoms with E-state index in [4.69, 9.17) is 0 Å². The van der Waals surface area contributed by atoms with Gasteiger partial charge in [0.2, 0.25) is 0 Å². The highest BCUT2D eigenvalue weighted by Crippen LogP contribution is 2.36. The minimum Gasteiger partial charge on any atom is -0.375 e. The molecule has 1 aliphatic carbocycles. The standard InChI is InChI=1S/C12H9F3O4S/c1-2-7-6-8-4-3-5-9(10(8)11(7)16)19-20(17,18)12(13,14)15/h2-5,7H,1,6H2. The molecule has 0 aromatic heterocycles. The second-order valence-electron chi connectivity index (χ2n) is 4.18. The molecular weight excluding hydrogens is 297 g/mol. The van der Waals surface area contributed by atoms with E-state index in [9.17, 15) is 26.4 Å². The Labute approximate surface area is 113 Å². The van der Waals surface area contributed by atoms with Gasteiger partial charge in [0.25, 0.3) is 0 Å². The number of fused-ring (bicyclic) bond motifs is 1. The molecule has 0 saturated carbocycles. The average Bonchev–Trinajstić information content (AvgIpc) is 2.65. The van der Waals surface area contributed by atoms with Crippen LogP contribution in [-0.4, -0.2) is 19.7 Å². The average molecular weight is 306 g/mol.